The van der Waals surface area contributed by atoms with Crippen molar-refractivity contribution >= 4 is 5.91 Å². The van der Waals surface area contributed by atoms with Gasteiger partial charge in [-0.25, -0.2) is 0 Å². The Balaban J connectivity index is 1.74. The molecule has 0 aromatic rings. The van der Waals surface area contributed by atoms with E-state index in [0.29, 0.717) is 25.4 Å². The van der Waals surface area contributed by atoms with E-state index in [1.165, 1.54) is 0 Å². The number of nitrogens with one attached hydrogen (secondary N) is 1. The number of likely N-dealkylation sites (tertiary alicyclic amines) is 1. The maximum atomic E-state index is 11.8. The lowest BCUT2D eigenvalue weighted by molar-refractivity contribution is -0.156. The number of rotatable bonds is 3. The summed E-state index contributed by atoms with van der Waals surface area (Å²) in [6.07, 6.45) is 2.49. The molecule has 1 atom stereocenters. The molecule has 0 radical (unpaired) electrons. The third kappa shape index (κ3) is 2.32. The van der Waals surface area contributed by atoms with E-state index >= 15 is 0 Å². The first-order valence-electron chi connectivity index (χ1n) is 5.84. The fourth-order valence-electron chi connectivity index (χ4n) is 2.33. The highest BCUT2D eigenvalue weighted by Gasteiger charge is 2.42. The molecule has 15 heavy (non-hydrogen) atoms. The summed E-state index contributed by atoms with van der Waals surface area (Å²) >= 11 is 0. The first-order chi connectivity index (χ1) is 7.13. The second kappa shape index (κ2) is 4.10. The molecule has 86 valence electrons. The summed E-state index contributed by atoms with van der Waals surface area (Å²) in [4.78, 5) is 13.6. The van der Waals surface area contributed by atoms with E-state index in [-0.39, 0.29) is 5.91 Å². The Morgan fingerprint density at radius 3 is 2.87 bits per heavy atom. The third-order valence-electron chi connectivity index (χ3n) is 3.61. The van der Waals surface area contributed by atoms with E-state index in [2.05, 4.69) is 5.32 Å². The molecule has 0 aromatic heterocycles. The van der Waals surface area contributed by atoms with Gasteiger partial charge < -0.3 is 15.3 Å². The van der Waals surface area contributed by atoms with Crippen molar-refractivity contribution in [1.29, 1.82) is 0 Å². The zero-order chi connectivity index (χ0) is 10.9. The molecule has 0 aromatic carbocycles. The van der Waals surface area contributed by atoms with Crippen molar-refractivity contribution in [2.45, 2.75) is 31.8 Å². The number of β-amino-alcohol motifs (C(OH)–C–C–N with tert-alkyl or cyclic N) is 1. The number of hydrogen-bond acceptors (Lipinski definition) is 3. The molecule has 0 spiro atoms. The minimum atomic E-state index is -0.594. The van der Waals surface area contributed by atoms with Gasteiger partial charge in [-0.15, -0.1) is 0 Å². The smallest absolute Gasteiger partial charge is 0.223 e. The molecule has 2 heterocycles. The Morgan fingerprint density at radius 1 is 1.60 bits per heavy atom. The van der Waals surface area contributed by atoms with Gasteiger partial charge in [0.15, 0.2) is 0 Å². The maximum absolute atomic E-state index is 11.8. The highest BCUT2D eigenvalue weighted by atomic mass is 16.3. The second-order valence-electron chi connectivity index (χ2n) is 4.89. The molecular weight excluding hydrogens is 192 g/mol. The minimum absolute atomic E-state index is 0.210. The Hall–Kier alpha value is -0.610. The van der Waals surface area contributed by atoms with E-state index in [9.17, 15) is 9.90 Å². The molecule has 2 aliphatic heterocycles. The Labute approximate surface area is 90.6 Å². The first kappa shape index (κ1) is 10.9. The highest BCUT2D eigenvalue weighted by molar-refractivity contribution is 5.77. The number of carbonyl (C=O) groups is 1. The van der Waals surface area contributed by atoms with Gasteiger partial charge in [-0.2, -0.15) is 0 Å². The molecule has 0 aliphatic carbocycles. The second-order valence-corrected chi connectivity index (χ2v) is 4.89. The van der Waals surface area contributed by atoms with Gasteiger partial charge in [-0.1, -0.05) is 6.92 Å². The average Bonchev–Trinajstić information content (AvgIpc) is 2.65. The van der Waals surface area contributed by atoms with Gasteiger partial charge in [0.2, 0.25) is 5.91 Å². The summed E-state index contributed by atoms with van der Waals surface area (Å²) in [5, 5.41) is 13.1. The Morgan fingerprint density at radius 2 is 2.33 bits per heavy atom. The predicted octanol–water partition coefficient (Wildman–Crippen LogP) is -0.0307. The average molecular weight is 212 g/mol. The van der Waals surface area contributed by atoms with Gasteiger partial charge in [-0.05, 0) is 31.8 Å². The van der Waals surface area contributed by atoms with Crippen LogP contribution in [-0.4, -0.2) is 47.7 Å². The van der Waals surface area contributed by atoms with Crippen LogP contribution < -0.4 is 5.32 Å². The van der Waals surface area contributed by atoms with Crippen LogP contribution in [0.5, 0.6) is 0 Å². The van der Waals surface area contributed by atoms with Gasteiger partial charge >= 0.3 is 0 Å². The monoisotopic (exact) mass is 212 g/mol. The lowest BCUT2D eigenvalue weighted by Crippen LogP contribution is -2.63. The van der Waals surface area contributed by atoms with Crippen molar-refractivity contribution in [2.75, 3.05) is 26.2 Å². The molecule has 4 nitrogen and oxygen atoms in total. The zero-order valence-corrected chi connectivity index (χ0v) is 9.33. The van der Waals surface area contributed by atoms with Crippen LogP contribution in [0.25, 0.3) is 0 Å². The maximum Gasteiger partial charge on any atom is 0.223 e. The van der Waals surface area contributed by atoms with Gasteiger partial charge in [0.05, 0.1) is 18.7 Å². The molecule has 2 saturated heterocycles. The minimum Gasteiger partial charge on any atom is -0.386 e. The lowest BCUT2D eigenvalue weighted by Gasteiger charge is -2.46. The molecule has 0 saturated carbocycles. The predicted molar refractivity (Wildman–Crippen MR) is 57.4 cm³/mol. The zero-order valence-electron chi connectivity index (χ0n) is 9.33. The van der Waals surface area contributed by atoms with Crippen LogP contribution in [0.1, 0.15) is 26.2 Å². The van der Waals surface area contributed by atoms with Gasteiger partial charge in [0, 0.05) is 6.42 Å². The number of aliphatic hydroxyl groups is 1. The van der Waals surface area contributed by atoms with Crippen molar-refractivity contribution in [3.05, 3.63) is 0 Å². The number of hydrogen-bond donors (Lipinski definition) is 2. The van der Waals surface area contributed by atoms with Crippen molar-refractivity contribution in [1.82, 2.24) is 10.2 Å². The quantitative estimate of drug-likeness (QED) is 0.690. The van der Waals surface area contributed by atoms with E-state index < -0.39 is 5.60 Å². The summed E-state index contributed by atoms with van der Waals surface area (Å²) < 4.78 is 0. The molecule has 0 bridgehead atoms. The van der Waals surface area contributed by atoms with E-state index in [0.717, 1.165) is 25.9 Å². The SMILES string of the molecule is CCC1(O)CN(C(=O)CC2CCNC2)C1. The summed E-state index contributed by atoms with van der Waals surface area (Å²) in [7, 11) is 0. The number of carbonyl (C=O) groups excluding carboxylic acids is 1. The molecule has 1 unspecified atom stereocenters. The topological polar surface area (TPSA) is 52.6 Å². The standard InChI is InChI=1S/C11H20N2O2/c1-2-11(15)7-13(8-11)10(14)5-9-3-4-12-6-9/h9,12,15H,2-8H2,1H3. The summed E-state index contributed by atoms with van der Waals surface area (Å²) in [5.41, 5.74) is -0.594. The Kier molecular flexibility index (Phi) is 2.98. The van der Waals surface area contributed by atoms with E-state index in [1.54, 1.807) is 4.90 Å². The highest BCUT2D eigenvalue weighted by Crippen LogP contribution is 2.26. The number of nitrogens with zero attached hydrogens (tertiary/aromatic N) is 1. The molecule has 2 N–H and O–H groups in total. The van der Waals surface area contributed by atoms with Crippen LogP contribution >= 0.6 is 0 Å². The summed E-state index contributed by atoms with van der Waals surface area (Å²) in [5.74, 6) is 0.717. The normalized spacial score (nSPS) is 28.9. The van der Waals surface area contributed by atoms with Gasteiger partial charge in [0.1, 0.15) is 0 Å². The fourth-order valence-corrected chi connectivity index (χ4v) is 2.33. The largest absolute Gasteiger partial charge is 0.386 e. The van der Waals surface area contributed by atoms with Gasteiger partial charge in [0.25, 0.3) is 0 Å². The third-order valence-corrected chi connectivity index (χ3v) is 3.61. The van der Waals surface area contributed by atoms with Crippen LogP contribution in [-0.2, 0) is 4.79 Å². The first-order valence-corrected chi connectivity index (χ1v) is 5.84. The molecule has 2 fully saturated rings. The van der Waals surface area contributed by atoms with E-state index in [4.69, 9.17) is 0 Å². The molecular formula is C11H20N2O2. The van der Waals surface area contributed by atoms with Crippen LogP contribution in [0.15, 0.2) is 0 Å². The molecule has 4 heteroatoms. The molecule has 2 aliphatic rings. The summed E-state index contributed by atoms with van der Waals surface area (Å²) in [6.45, 7) is 5.03. The van der Waals surface area contributed by atoms with Gasteiger partial charge in [-0.3, -0.25) is 4.79 Å². The van der Waals surface area contributed by atoms with Crippen LogP contribution in [0.4, 0.5) is 0 Å². The number of amides is 1. The van der Waals surface area contributed by atoms with Crippen LogP contribution in [0.3, 0.4) is 0 Å². The fraction of sp³-hybridized carbons (Fsp3) is 0.909. The van der Waals surface area contributed by atoms with Crippen LogP contribution in [0, 0.1) is 5.92 Å². The van der Waals surface area contributed by atoms with Crippen molar-refractivity contribution < 1.29 is 9.90 Å². The summed E-state index contributed by atoms with van der Waals surface area (Å²) in [6, 6.07) is 0. The van der Waals surface area contributed by atoms with E-state index in [1.807, 2.05) is 6.92 Å². The lowest BCUT2D eigenvalue weighted by atomic mass is 9.90. The van der Waals surface area contributed by atoms with Crippen LogP contribution in [0.2, 0.25) is 0 Å². The van der Waals surface area contributed by atoms with Crippen molar-refractivity contribution in [3.63, 3.8) is 0 Å². The Bertz CT molecular complexity index is 243. The molecule has 2 rings (SSSR count). The van der Waals surface area contributed by atoms with Crippen molar-refractivity contribution in [3.8, 4) is 0 Å². The van der Waals surface area contributed by atoms with Crippen molar-refractivity contribution in [2.24, 2.45) is 5.92 Å². The molecule has 1 amide bonds.